The first-order valence-electron chi connectivity index (χ1n) is 8.16. The average Bonchev–Trinajstić information content (AvgIpc) is 3.35. The number of amides is 1. The van der Waals surface area contributed by atoms with Crippen molar-refractivity contribution in [2.24, 2.45) is 35.5 Å². The summed E-state index contributed by atoms with van der Waals surface area (Å²) in [5, 5.41) is 12.1. The van der Waals surface area contributed by atoms with Crippen molar-refractivity contribution in [3.63, 3.8) is 0 Å². The van der Waals surface area contributed by atoms with Gasteiger partial charge in [0.1, 0.15) is 0 Å². The number of nitrogens with one attached hydrogen (secondary N) is 1. The SMILES string of the molecule is O=C(O)[C@@H]1[C@H]2C=C[C@@H]([C@@H]3C[C@H]23)[C@@H]1C(=O)Nc1cccc(C(F)(F)F)c1. The summed E-state index contributed by atoms with van der Waals surface area (Å²) in [5.74, 6) is -2.76. The third-order valence-corrected chi connectivity index (χ3v) is 5.70. The number of carboxylic acid groups (broad SMARTS) is 1. The number of fused-ring (bicyclic) bond motifs is 1. The highest BCUT2D eigenvalue weighted by Gasteiger charge is 2.62. The standard InChI is InChI=1S/C18H16F3NO3/c19-18(20,21)8-2-1-3-9(6-8)22-16(23)14-10-4-5-11(13-7-12(10)13)15(14)17(24)25/h1-6,10-15H,7H2,(H,22,23)(H,24,25)/t10-,11-,12-,13+,14-,15+/m0/s1. The van der Waals surface area contributed by atoms with E-state index in [1.807, 2.05) is 12.2 Å². The molecule has 0 aromatic heterocycles. The van der Waals surface area contributed by atoms with Crippen molar-refractivity contribution in [2.45, 2.75) is 12.6 Å². The molecule has 0 heterocycles. The highest BCUT2D eigenvalue weighted by atomic mass is 19.4. The lowest BCUT2D eigenvalue weighted by atomic mass is 9.62. The molecule has 0 unspecified atom stereocenters. The summed E-state index contributed by atoms with van der Waals surface area (Å²) in [6, 6.07) is 4.39. The van der Waals surface area contributed by atoms with Gasteiger partial charge in [0.05, 0.1) is 17.4 Å². The van der Waals surface area contributed by atoms with Crippen molar-refractivity contribution in [3.05, 3.63) is 42.0 Å². The molecule has 6 atom stereocenters. The number of rotatable bonds is 3. The predicted molar refractivity (Wildman–Crippen MR) is 82.4 cm³/mol. The lowest BCUT2D eigenvalue weighted by Crippen LogP contribution is -2.48. The minimum atomic E-state index is -4.50. The first-order chi connectivity index (χ1) is 11.8. The smallest absolute Gasteiger partial charge is 0.416 e. The molecule has 1 aromatic rings. The van der Waals surface area contributed by atoms with Crippen LogP contribution in [0.2, 0.25) is 0 Å². The first-order valence-corrected chi connectivity index (χ1v) is 8.16. The maximum atomic E-state index is 12.8. The number of halogens is 3. The molecule has 25 heavy (non-hydrogen) atoms. The normalized spacial score (nSPS) is 35.2. The van der Waals surface area contributed by atoms with Crippen LogP contribution in [0.1, 0.15) is 12.0 Å². The lowest BCUT2D eigenvalue weighted by molar-refractivity contribution is -0.152. The molecule has 1 aromatic carbocycles. The van der Waals surface area contributed by atoms with Crippen molar-refractivity contribution in [2.75, 3.05) is 5.32 Å². The van der Waals surface area contributed by atoms with Crippen molar-refractivity contribution in [1.82, 2.24) is 0 Å². The molecule has 2 saturated carbocycles. The van der Waals surface area contributed by atoms with Crippen LogP contribution in [-0.4, -0.2) is 17.0 Å². The van der Waals surface area contributed by atoms with Crippen molar-refractivity contribution < 1.29 is 27.9 Å². The molecule has 0 spiro atoms. The molecule has 2 bridgehead atoms. The van der Waals surface area contributed by atoms with Gasteiger partial charge in [-0.1, -0.05) is 18.2 Å². The first kappa shape index (κ1) is 16.2. The topological polar surface area (TPSA) is 66.4 Å². The van der Waals surface area contributed by atoms with Gasteiger partial charge in [0, 0.05) is 5.69 Å². The zero-order chi connectivity index (χ0) is 17.9. The van der Waals surface area contributed by atoms with Crippen LogP contribution in [-0.2, 0) is 15.8 Å². The monoisotopic (exact) mass is 351 g/mol. The summed E-state index contributed by atoms with van der Waals surface area (Å²) in [6.07, 6.45) is 0.220. The molecule has 1 amide bonds. The third kappa shape index (κ3) is 2.62. The number of hydrogen-bond acceptors (Lipinski definition) is 2. The van der Waals surface area contributed by atoms with Crippen molar-refractivity contribution >= 4 is 17.6 Å². The highest BCUT2D eigenvalue weighted by Crippen LogP contribution is 2.63. The van der Waals surface area contributed by atoms with E-state index in [9.17, 15) is 27.9 Å². The van der Waals surface area contributed by atoms with E-state index >= 15 is 0 Å². The minimum Gasteiger partial charge on any atom is -0.481 e. The van der Waals surface area contributed by atoms with E-state index in [2.05, 4.69) is 5.32 Å². The minimum absolute atomic E-state index is 0.0294. The van der Waals surface area contributed by atoms with Crippen LogP contribution in [0.15, 0.2) is 36.4 Å². The number of allylic oxidation sites excluding steroid dienone is 2. The second-order valence-electron chi connectivity index (χ2n) is 7.06. The van der Waals surface area contributed by atoms with Crippen LogP contribution in [0.4, 0.5) is 18.9 Å². The molecular weight excluding hydrogens is 335 g/mol. The summed E-state index contributed by atoms with van der Waals surface area (Å²) >= 11 is 0. The van der Waals surface area contributed by atoms with E-state index in [0.717, 1.165) is 18.6 Å². The fourth-order valence-corrected chi connectivity index (χ4v) is 4.57. The summed E-state index contributed by atoms with van der Waals surface area (Å²) in [6.45, 7) is 0. The number of carbonyl (C=O) groups is 2. The van der Waals surface area contributed by atoms with E-state index in [4.69, 9.17) is 0 Å². The maximum absolute atomic E-state index is 12.8. The van der Waals surface area contributed by atoms with Gasteiger partial charge in [-0.05, 0) is 48.3 Å². The van der Waals surface area contributed by atoms with Crippen LogP contribution in [0.3, 0.4) is 0 Å². The fraction of sp³-hybridized carbons (Fsp3) is 0.444. The van der Waals surface area contributed by atoms with Crippen molar-refractivity contribution in [3.8, 4) is 0 Å². The molecule has 5 rings (SSSR count). The van der Waals surface area contributed by atoms with Gasteiger partial charge in [0.15, 0.2) is 0 Å². The third-order valence-electron chi connectivity index (χ3n) is 5.70. The van der Waals surface area contributed by atoms with E-state index in [0.29, 0.717) is 11.8 Å². The second-order valence-corrected chi connectivity index (χ2v) is 7.06. The molecule has 4 nitrogen and oxygen atoms in total. The van der Waals surface area contributed by atoms with E-state index in [1.165, 1.54) is 12.1 Å². The van der Waals surface area contributed by atoms with Gasteiger partial charge in [0.2, 0.25) is 5.91 Å². The zero-order valence-electron chi connectivity index (χ0n) is 13.0. The van der Waals surface area contributed by atoms with Gasteiger partial charge in [-0.15, -0.1) is 0 Å². The van der Waals surface area contributed by atoms with Gasteiger partial charge in [-0.3, -0.25) is 9.59 Å². The Morgan fingerprint density at radius 2 is 1.72 bits per heavy atom. The van der Waals surface area contributed by atoms with Crippen LogP contribution < -0.4 is 5.32 Å². The quantitative estimate of drug-likeness (QED) is 0.820. The average molecular weight is 351 g/mol. The number of carbonyl (C=O) groups excluding carboxylic acids is 1. The molecule has 2 fully saturated rings. The van der Waals surface area contributed by atoms with E-state index in [1.54, 1.807) is 0 Å². The lowest BCUT2D eigenvalue weighted by Gasteiger charge is -2.41. The molecule has 7 heteroatoms. The molecular formula is C18H16F3NO3. The molecule has 0 radical (unpaired) electrons. The molecule has 132 valence electrons. The van der Waals surface area contributed by atoms with E-state index < -0.39 is 35.5 Å². The maximum Gasteiger partial charge on any atom is 0.416 e. The molecule has 4 aliphatic rings. The predicted octanol–water partition coefficient (Wildman–Crippen LogP) is 3.41. The van der Waals surface area contributed by atoms with Gasteiger partial charge in [0.25, 0.3) is 0 Å². The summed E-state index contributed by atoms with van der Waals surface area (Å²) < 4.78 is 38.4. The van der Waals surface area contributed by atoms with Gasteiger partial charge >= 0.3 is 12.1 Å². The Balaban J connectivity index is 1.59. The Kier molecular flexibility index (Phi) is 3.46. The summed E-state index contributed by atoms with van der Waals surface area (Å²) in [4.78, 5) is 24.4. The molecule has 4 aliphatic carbocycles. The van der Waals surface area contributed by atoms with E-state index in [-0.39, 0.29) is 17.5 Å². The molecule has 2 N–H and O–H groups in total. The van der Waals surface area contributed by atoms with Gasteiger partial charge in [-0.2, -0.15) is 13.2 Å². The Bertz CT molecular complexity index is 773. The number of aliphatic carboxylic acids is 1. The fourth-order valence-electron chi connectivity index (χ4n) is 4.57. The van der Waals surface area contributed by atoms with Crippen molar-refractivity contribution in [1.29, 1.82) is 0 Å². The number of carboxylic acids is 1. The number of anilines is 1. The van der Waals surface area contributed by atoms with Crippen LogP contribution >= 0.6 is 0 Å². The molecule has 0 aliphatic heterocycles. The Labute approximate surface area is 141 Å². The zero-order valence-corrected chi connectivity index (χ0v) is 13.0. The number of hydrogen-bond donors (Lipinski definition) is 2. The molecule has 0 saturated heterocycles. The summed E-state index contributed by atoms with van der Waals surface area (Å²) in [7, 11) is 0. The Morgan fingerprint density at radius 3 is 2.32 bits per heavy atom. The van der Waals surface area contributed by atoms with Gasteiger partial charge < -0.3 is 10.4 Å². The Morgan fingerprint density at radius 1 is 1.08 bits per heavy atom. The largest absolute Gasteiger partial charge is 0.481 e. The number of benzene rings is 1. The Hall–Kier alpha value is -2.31. The van der Waals surface area contributed by atoms with Crippen LogP contribution in [0.25, 0.3) is 0 Å². The highest BCUT2D eigenvalue weighted by molar-refractivity contribution is 5.96. The number of alkyl halides is 3. The summed E-state index contributed by atoms with van der Waals surface area (Å²) in [5.41, 5.74) is -0.825. The van der Waals surface area contributed by atoms with Crippen LogP contribution in [0.5, 0.6) is 0 Å². The van der Waals surface area contributed by atoms with Gasteiger partial charge in [-0.25, -0.2) is 0 Å². The van der Waals surface area contributed by atoms with Crippen LogP contribution in [0, 0.1) is 35.5 Å². The second kappa shape index (κ2) is 5.34.